The van der Waals surface area contributed by atoms with Crippen molar-refractivity contribution < 1.29 is 9.53 Å². The Bertz CT molecular complexity index is 1040. The molecule has 1 amide bonds. The van der Waals surface area contributed by atoms with Crippen LogP contribution in [0.3, 0.4) is 0 Å². The number of imidazole rings is 1. The third-order valence-corrected chi connectivity index (χ3v) is 7.01. The van der Waals surface area contributed by atoms with Gasteiger partial charge in [-0.3, -0.25) is 4.79 Å². The third kappa shape index (κ3) is 4.41. The molecule has 6 heteroatoms. The minimum atomic E-state index is 0.144. The number of amides is 1. The van der Waals surface area contributed by atoms with E-state index < -0.39 is 0 Å². The number of nitrogens with zero attached hydrogens (tertiary/aromatic N) is 3. The van der Waals surface area contributed by atoms with E-state index in [1.54, 1.807) is 0 Å². The average Bonchev–Trinajstić information content (AvgIpc) is 3.48. The minimum absolute atomic E-state index is 0.144. The van der Waals surface area contributed by atoms with Gasteiger partial charge in [0.05, 0.1) is 30.3 Å². The van der Waals surface area contributed by atoms with Gasteiger partial charge in [-0.25, -0.2) is 4.98 Å². The van der Waals surface area contributed by atoms with Gasteiger partial charge in [0.2, 0.25) is 5.91 Å². The second-order valence-electron chi connectivity index (χ2n) is 8.10. The van der Waals surface area contributed by atoms with Gasteiger partial charge in [0.1, 0.15) is 0 Å². The van der Waals surface area contributed by atoms with Crippen molar-refractivity contribution in [3.05, 3.63) is 66.4 Å². The fourth-order valence-electron chi connectivity index (χ4n) is 4.48. The number of carbonyl (C=O) groups is 1. The number of hydrogen-bond acceptors (Lipinski definition) is 4. The molecule has 160 valence electrons. The third-order valence-electron chi connectivity index (χ3n) is 6.03. The van der Waals surface area contributed by atoms with Crippen molar-refractivity contribution in [2.45, 2.75) is 43.5 Å². The Balaban J connectivity index is 1.35. The van der Waals surface area contributed by atoms with E-state index in [-0.39, 0.29) is 12.0 Å². The maximum absolute atomic E-state index is 13.1. The van der Waals surface area contributed by atoms with Crippen molar-refractivity contribution in [2.75, 3.05) is 23.8 Å². The van der Waals surface area contributed by atoms with Crippen LogP contribution in [-0.2, 0) is 22.5 Å². The van der Waals surface area contributed by atoms with Gasteiger partial charge in [-0.15, -0.1) is 0 Å². The van der Waals surface area contributed by atoms with Gasteiger partial charge in [-0.2, -0.15) is 0 Å². The number of hydrogen-bond donors (Lipinski definition) is 0. The van der Waals surface area contributed by atoms with Gasteiger partial charge in [-0.1, -0.05) is 60.3 Å². The summed E-state index contributed by atoms with van der Waals surface area (Å²) in [6.07, 6.45) is 6.36. The summed E-state index contributed by atoms with van der Waals surface area (Å²) in [5.74, 6) is 0.524. The highest BCUT2D eigenvalue weighted by atomic mass is 32.2. The van der Waals surface area contributed by atoms with E-state index in [4.69, 9.17) is 9.72 Å². The number of benzene rings is 2. The Morgan fingerprint density at radius 1 is 1.10 bits per heavy atom. The lowest BCUT2D eigenvalue weighted by molar-refractivity contribution is -0.116. The van der Waals surface area contributed by atoms with Crippen LogP contribution in [0.25, 0.3) is 11.3 Å². The molecule has 1 unspecified atom stereocenters. The van der Waals surface area contributed by atoms with Crippen molar-refractivity contribution in [1.29, 1.82) is 0 Å². The van der Waals surface area contributed by atoms with E-state index in [1.165, 1.54) is 17.3 Å². The number of thioether (sulfide) groups is 1. The van der Waals surface area contributed by atoms with Crippen molar-refractivity contribution in [3.63, 3.8) is 0 Å². The number of rotatable bonds is 6. The van der Waals surface area contributed by atoms with Gasteiger partial charge >= 0.3 is 0 Å². The van der Waals surface area contributed by atoms with Crippen LogP contribution in [0, 0.1) is 0 Å². The molecule has 2 aliphatic heterocycles. The first kappa shape index (κ1) is 20.3. The molecule has 0 spiro atoms. The van der Waals surface area contributed by atoms with Gasteiger partial charge in [-0.05, 0) is 42.9 Å². The van der Waals surface area contributed by atoms with Crippen LogP contribution in [0.15, 0.2) is 66.0 Å². The number of ether oxygens (including phenoxy) is 1. The maximum Gasteiger partial charge on any atom is 0.237 e. The van der Waals surface area contributed by atoms with Crippen molar-refractivity contribution >= 4 is 23.4 Å². The van der Waals surface area contributed by atoms with Crippen LogP contribution in [0.1, 0.15) is 24.8 Å². The SMILES string of the molecule is O=C(CSc1ncc(-c2ccccc2)n1CC1CCCO1)N1CCCc2ccccc21. The zero-order valence-corrected chi connectivity index (χ0v) is 18.4. The molecule has 3 aromatic rings. The van der Waals surface area contributed by atoms with E-state index in [2.05, 4.69) is 34.9 Å². The summed E-state index contributed by atoms with van der Waals surface area (Å²) in [5, 5.41) is 0.882. The number of aryl methyl sites for hydroxylation is 1. The van der Waals surface area contributed by atoms with Crippen LogP contribution in [0.5, 0.6) is 0 Å². The number of carbonyl (C=O) groups excluding carboxylic acids is 1. The van der Waals surface area contributed by atoms with Gasteiger partial charge in [0, 0.05) is 18.8 Å². The highest BCUT2D eigenvalue weighted by Gasteiger charge is 2.24. The number of anilines is 1. The predicted octanol–water partition coefficient (Wildman–Crippen LogP) is 4.80. The monoisotopic (exact) mass is 433 g/mol. The van der Waals surface area contributed by atoms with Crippen molar-refractivity contribution in [3.8, 4) is 11.3 Å². The summed E-state index contributed by atoms with van der Waals surface area (Å²) in [7, 11) is 0. The summed E-state index contributed by atoms with van der Waals surface area (Å²) in [4.78, 5) is 19.7. The highest BCUT2D eigenvalue weighted by molar-refractivity contribution is 7.99. The predicted molar refractivity (Wildman–Crippen MR) is 124 cm³/mol. The molecular formula is C25H27N3O2S. The van der Waals surface area contributed by atoms with E-state index in [0.29, 0.717) is 5.75 Å². The van der Waals surface area contributed by atoms with E-state index in [0.717, 1.165) is 67.5 Å². The van der Waals surface area contributed by atoms with Crippen molar-refractivity contribution in [2.24, 2.45) is 0 Å². The Labute approximate surface area is 187 Å². The molecule has 5 rings (SSSR count). The van der Waals surface area contributed by atoms with Crippen molar-refractivity contribution in [1.82, 2.24) is 9.55 Å². The Kier molecular flexibility index (Phi) is 6.09. The summed E-state index contributed by atoms with van der Waals surface area (Å²) >= 11 is 1.53. The average molecular weight is 434 g/mol. The Morgan fingerprint density at radius 3 is 2.77 bits per heavy atom. The first-order valence-corrected chi connectivity index (χ1v) is 12.0. The van der Waals surface area contributed by atoms with Gasteiger partial charge in [0.15, 0.2) is 5.16 Å². The van der Waals surface area contributed by atoms with Crippen LogP contribution in [0.2, 0.25) is 0 Å². The molecule has 0 saturated carbocycles. The van der Waals surface area contributed by atoms with Gasteiger partial charge in [0.25, 0.3) is 0 Å². The molecule has 2 aliphatic rings. The summed E-state index contributed by atoms with van der Waals surface area (Å²) < 4.78 is 8.13. The molecule has 0 N–H and O–H groups in total. The Hall–Kier alpha value is -2.57. The first-order chi connectivity index (χ1) is 15.3. The molecule has 1 saturated heterocycles. The maximum atomic E-state index is 13.1. The first-order valence-electron chi connectivity index (χ1n) is 11.0. The Morgan fingerprint density at radius 2 is 1.94 bits per heavy atom. The molecule has 3 heterocycles. The molecule has 1 aromatic heterocycles. The van der Waals surface area contributed by atoms with Crippen LogP contribution in [0.4, 0.5) is 5.69 Å². The fraction of sp³-hybridized carbons (Fsp3) is 0.360. The van der Waals surface area contributed by atoms with E-state index >= 15 is 0 Å². The lowest BCUT2D eigenvalue weighted by Gasteiger charge is -2.29. The molecule has 31 heavy (non-hydrogen) atoms. The molecule has 0 aliphatic carbocycles. The summed E-state index contributed by atoms with van der Waals surface area (Å²) in [6, 6.07) is 18.6. The van der Waals surface area contributed by atoms with E-state index in [1.807, 2.05) is 35.4 Å². The number of aromatic nitrogens is 2. The van der Waals surface area contributed by atoms with E-state index in [9.17, 15) is 4.79 Å². The lowest BCUT2D eigenvalue weighted by atomic mass is 10.0. The fourth-order valence-corrected chi connectivity index (χ4v) is 5.34. The normalized spacial score (nSPS) is 18.2. The second-order valence-corrected chi connectivity index (χ2v) is 9.05. The molecule has 1 fully saturated rings. The van der Waals surface area contributed by atoms with Crippen LogP contribution < -0.4 is 4.90 Å². The minimum Gasteiger partial charge on any atom is -0.376 e. The molecule has 0 radical (unpaired) electrons. The molecule has 2 aromatic carbocycles. The molecule has 1 atom stereocenters. The summed E-state index contributed by atoms with van der Waals surface area (Å²) in [5.41, 5.74) is 4.54. The number of fused-ring (bicyclic) bond motifs is 1. The molecular weight excluding hydrogens is 406 g/mol. The lowest BCUT2D eigenvalue weighted by Crippen LogP contribution is -2.36. The highest BCUT2D eigenvalue weighted by Crippen LogP contribution is 2.30. The van der Waals surface area contributed by atoms with Gasteiger partial charge < -0.3 is 14.2 Å². The number of para-hydroxylation sites is 1. The van der Waals surface area contributed by atoms with Crippen LogP contribution in [-0.4, -0.2) is 40.5 Å². The largest absolute Gasteiger partial charge is 0.376 e. The molecule has 5 nitrogen and oxygen atoms in total. The second kappa shape index (κ2) is 9.28. The topological polar surface area (TPSA) is 47.4 Å². The quantitative estimate of drug-likeness (QED) is 0.524. The standard InChI is InChI=1S/C25H27N3O2S/c29-24(27-14-6-11-19-10-4-5-13-22(19)27)18-31-25-26-16-23(20-8-2-1-3-9-20)28(25)17-21-12-7-15-30-21/h1-5,8-10,13,16,21H,6-7,11-12,14-15,17-18H2. The smallest absolute Gasteiger partial charge is 0.237 e. The molecule has 0 bridgehead atoms. The van der Waals surface area contributed by atoms with Crippen LogP contribution >= 0.6 is 11.8 Å². The zero-order valence-electron chi connectivity index (χ0n) is 17.6. The zero-order chi connectivity index (χ0) is 21.0. The summed E-state index contributed by atoms with van der Waals surface area (Å²) in [6.45, 7) is 2.39.